The number of aromatic nitrogens is 1. The van der Waals surface area contributed by atoms with Gasteiger partial charge in [-0.05, 0) is 17.5 Å². The molecule has 4 heteroatoms. The number of H-pyrrole nitrogens is 1. The number of para-hydroxylation sites is 1. The zero-order valence-corrected chi connectivity index (χ0v) is 9.02. The van der Waals surface area contributed by atoms with Crippen molar-refractivity contribution >= 4 is 10.9 Å². The van der Waals surface area contributed by atoms with Crippen molar-refractivity contribution in [2.75, 3.05) is 0 Å². The van der Waals surface area contributed by atoms with E-state index in [-0.39, 0.29) is 5.92 Å². The van der Waals surface area contributed by atoms with Crippen LogP contribution in [0.3, 0.4) is 0 Å². The lowest BCUT2D eigenvalue weighted by Crippen LogP contribution is -2.09. The van der Waals surface area contributed by atoms with E-state index in [4.69, 9.17) is 0 Å². The Labute approximate surface area is 91.3 Å². The molecule has 0 aliphatic heterocycles. The van der Waals surface area contributed by atoms with Crippen molar-refractivity contribution in [3.8, 4) is 0 Å². The maximum absolute atomic E-state index is 12.8. The number of alkyl halides is 3. The Balaban J connectivity index is 2.78. The molecule has 2 aromatic rings. The van der Waals surface area contributed by atoms with Gasteiger partial charge in [-0.3, -0.25) is 0 Å². The summed E-state index contributed by atoms with van der Waals surface area (Å²) in [6.07, 6.45) is -4.32. The number of rotatable bonds is 1. The Kier molecular flexibility index (Phi) is 2.45. The van der Waals surface area contributed by atoms with Crippen LogP contribution in [0.1, 0.15) is 31.0 Å². The van der Waals surface area contributed by atoms with E-state index in [1.54, 1.807) is 38.1 Å². The molecule has 0 atom stereocenters. The number of aromatic amines is 1. The van der Waals surface area contributed by atoms with E-state index < -0.39 is 11.9 Å². The highest BCUT2D eigenvalue weighted by molar-refractivity contribution is 5.85. The molecule has 0 saturated carbocycles. The molecule has 0 radical (unpaired) electrons. The fraction of sp³-hybridized carbons (Fsp3) is 0.333. The maximum Gasteiger partial charge on any atom is 0.431 e. The molecule has 16 heavy (non-hydrogen) atoms. The van der Waals surface area contributed by atoms with Crippen LogP contribution in [0.15, 0.2) is 24.3 Å². The van der Waals surface area contributed by atoms with E-state index in [9.17, 15) is 13.2 Å². The number of fused-ring (bicyclic) bond motifs is 1. The average Bonchev–Trinajstić information content (AvgIpc) is 2.55. The van der Waals surface area contributed by atoms with Crippen molar-refractivity contribution in [2.24, 2.45) is 0 Å². The summed E-state index contributed by atoms with van der Waals surface area (Å²) >= 11 is 0. The zero-order valence-electron chi connectivity index (χ0n) is 9.02. The largest absolute Gasteiger partial charge is 0.431 e. The molecule has 2 rings (SSSR count). The first-order valence-electron chi connectivity index (χ1n) is 5.09. The highest BCUT2D eigenvalue weighted by Crippen LogP contribution is 2.38. The molecule has 0 unspecified atom stereocenters. The molecule has 1 heterocycles. The molecule has 1 aromatic heterocycles. The summed E-state index contributed by atoms with van der Waals surface area (Å²) in [5.74, 6) is -0.159. The summed E-state index contributed by atoms with van der Waals surface area (Å²) in [6, 6.07) is 6.86. The first kappa shape index (κ1) is 11.0. The third-order valence-corrected chi connectivity index (χ3v) is 2.61. The van der Waals surface area contributed by atoms with Gasteiger partial charge in [-0.2, -0.15) is 13.2 Å². The summed E-state index contributed by atoms with van der Waals surface area (Å²) in [6.45, 7) is 3.54. The van der Waals surface area contributed by atoms with Crippen LogP contribution in [-0.4, -0.2) is 4.98 Å². The quantitative estimate of drug-likeness (QED) is 0.747. The van der Waals surface area contributed by atoms with Crippen LogP contribution in [-0.2, 0) is 6.18 Å². The van der Waals surface area contributed by atoms with E-state index in [1.165, 1.54) is 0 Å². The SMILES string of the molecule is CC(C)c1c(C(F)(F)F)[nH]c2ccccc12. The van der Waals surface area contributed by atoms with E-state index in [2.05, 4.69) is 4.98 Å². The zero-order chi connectivity index (χ0) is 11.9. The Hall–Kier alpha value is -1.45. The number of halogens is 3. The van der Waals surface area contributed by atoms with Crippen LogP contribution >= 0.6 is 0 Å². The minimum atomic E-state index is -4.32. The monoisotopic (exact) mass is 227 g/mol. The molecule has 0 aliphatic carbocycles. The summed E-state index contributed by atoms with van der Waals surface area (Å²) in [4.78, 5) is 2.46. The summed E-state index contributed by atoms with van der Waals surface area (Å²) < 4.78 is 38.4. The lowest BCUT2D eigenvalue weighted by atomic mass is 9.99. The molecule has 86 valence electrons. The molecule has 1 N–H and O–H groups in total. The Bertz CT molecular complexity index is 508. The lowest BCUT2D eigenvalue weighted by Gasteiger charge is -2.10. The number of hydrogen-bond donors (Lipinski definition) is 1. The molecule has 0 bridgehead atoms. The number of nitrogens with one attached hydrogen (secondary N) is 1. The standard InChI is InChI=1S/C12H12F3N/c1-7(2)10-8-5-3-4-6-9(8)16-11(10)12(13,14)15/h3-7,16H,1-2H3. The van der Waals surface area contributed by atoms with Crippen molar-refractivity contribution in [1.29, 1.82) is 0 Å². The van der Waals surface area contributed by atoms with E-state index >= 15 is 0 Å². The van der Waals surface area contributed by atoms with E-state index in [1.807, 2.05) is 0 Å². The topological polar surface area (TPSA) is 15.8 Å². The predicted molar refractivity (Wildman–Crippen MR) is 57.4 cm³/mol. The summed E-state index contributed by atoms with van der Waals surface area (Å²) in [7, 11) is 0. The van der Waals surface area contributed by atoms with Crippen LogP contribution in [0.25, 0.3) is 10.9 Å². The molecule has 0 aliphatic rings. The fourth-order valence-electron chi connectivity index (χ4n) is 1.99. The van der Waals surface area contributed by atoms with Gasteiger partial charge in [-0.1, -0.05) is 32.0 Å². The normalized spacial score (nSPS) is 12.6. The summed E-state index contributed by atoms with van der Waals surface area (Å²) in [5, 5.41) is 0.657. The smallest absolute Gasteiger partial charge is 0.351 e. The second-order valence-corrected chi connectivity index (χ2v) is 4.11. The molecule has 0 spiro atoms. The Morgan fingerprint density at radius 2 is 1.75 bits per heavy atom. The molecular weight excluding hydrogens is 215 g/mol. The number of benzene rings is 1. The first-order valence-corrected chi connectivity index (χ1v) is 5.09. The fourth-order valence-corrected chi connectivity index (χ4v) is 1.99. The third-order valence-electron chi connectivity index (χ3n) is 2.61. The minimum Gasteiger partial charge on any atom is -0.351 e. The van der Waals surface area contributed by atoms with Crippen molar-refractivity contribution in [3.63, 3.8) is 0 Å². The van der Waals surface area contributed by atoms with Crippen molar-refractivity contribution in [3.05, 3.63) is 35.5 Å². The summed E-state index contributed by atoms with van der Waals surface area (Å²) in [5.41, 5.74) is 0.269. The first-order chi connectivity index (χ1) is 7.41. The van der Waals surface area contributed by atoms with Gasteiger partial charge in [0.2, 0.25) is 0 Å². The molecular formula is C12H12F3N. The molecule has 1 aromatic carbocycles. The van der Waals surface area contributed by atoms with Gasteiger partial charge in [0.05, 0.1) is 0 Å². The van der Waals surface area contributed by atoms with Gasteiger partial charge < -0.3 is 4.98 Å². The average molecular weight is 227 g/mol. The second kappa shape index (κ2) is 3.54. The maximum atomic E-state index is 12.8. The van der Waals surface area contributed by atoms with Crippen molar-refractivity contribution in [1.82, 2.24) is 4.98 Å². The van der Waals surface area contributed by atoms with Crippen molar-refractivity contribution < 1.29 is 13.2 Å². The Morgan fingerprint density at radius 1 is 1.12 bits per heavy atom. The van der Waals surface area contributed by atoms with Gasteiger partial charge in [0, 0.05) is 10.9 Å². The van der Waals surface area contributed by atoms with Crippen molar-refractivity contribution in [2.45, 2.75) is 25.9 Å². The highest BCUT2D eigenvalue weighted by atomic mass is 19.4. The van der Waals surface area contributed by atoms with Crippen LogP contribution in [0, 0.1) is 0 Å². The van der Waals surface area contributed by atoms with E-state index in [0.717, 1.165) is 0 Å². The van der Waals surface area contributed by atoms with Gasteiger partial charge >= 0.3 is 6.18 Å². The molecule has 0 amide bonds. The van der Waals surface area contributed by atoms with Gasteiger partial charge in [0.1, 0.15) is 5.69 Å². The van der Waals surface area contributed by atoms with E-state index in [0.29, 0.717) is 16.5 Å². The number of hydrogen-bond acceptors (Lipinski definition) is 0. The highest BCUT2D eigenvalue weighted by Gasteiger charge is 2.36. The van der Waals surface area contributed by atoms with Crippen LogP contribution in [0.5, 0.6) is 0 Å². The lowest BCUT2D eigenvalue weighted by molar-refractivity contribution is -0.141. The molecule has 0 saturated heterocycles. The molecule has 1 nitrogen and oxygen atoms in total. The Morgan fingerprint density at radius 3 is 2.31 bits per heavy atom. The second-order valence-electron chi connectivity index (χ2n) is 4.11. The van der Waals surface area contributed by atoms with Gasteiger partial charge in [-0.15, -0.1) is 0 Å². The van der Waals surface area contributed by atoms with Crippen LogP contribution in [0.4, 0.5) is 13.2 Å². The molecule has 0 fully saturated rings. The predicted octanol–water partition coefficient (Wildman–Crippen LogP) is 4.31. The van der Waals surface area contributed by atoms with Gasteiger partial charge in [0.15, 0.2) is 0 Å². The third kappa shape index (κ3) is 1.68. The minimum absolute atomic E-state index is 0.159. The van der Waals surface area contributed by atoms with Crippen LogP contribution < -0.4 is 0 Å². The van der Waals surface area contributed by atoms with Crippen LogP contribution in [0.2, 0.25) is 0 Å². The van der Waals surface area contributed by atoms with Gasteiger partial charge in [0.25, 0.3) is 0 Å². The van der Waals surface area contributed by atoms with Gasteiger partial charge in [-0.25, -0.2) is 0 Å².